The molecular weight excluding hydrogens is 386 g/mol. The average Bonchev–Trinajstić information content (AvgIpc) is 2.79. The van der Waals surface area contributed by atoms with Crippen LogP contribution in [0.25, 0.3) is 11.1 Å². The molecule has 162 valence electrons. The second-order valence-corrected chi connectivity index (χ2v) is 7.60. The highest BCUT2D eigenvalue weighted by Gasteiger charge is 2.13. The van der Waals surface area contributed by atoms with Gasteiger partial charge in [0.2, 0.25) is 0 Å². The lowest BCUT2D eigenvalue weighted by atomic mass is 10.1. The molecule has 0 unspecified atom stereocenters. The van der Waals surface area contributed by atoms with Gasteiger partial charge in [0, 0.05) is 17.2 Å². The molecular formula is C27H31NO3. The van der Waals surface area contributed by atoms with Gasteiger partial charge in [0.1, 0.15) is 18.1 Å². The molecule has 4 heteroatoms. The molecule has 0 aliphatic heterocycles. The summed E-state index contributed by atoms with van der Waals surface area (Å²) in [6.07, 6.45) is 1.99. The van der Waals surface area contributed by atoms with Gasteiger partial charge in [0.25, 0.3) is 5.91 Å². The van der Waals surface area contributed by atoms with Crippen molar-refractivity contribution in [3.8, 4) is 22.6 Å². The summed E-state index contributed by atoms with van der Waals surface area (Å²) in [7, 11) is 0. The van der Waals surface area contributed by atoms with E-state index in [1.54, 1.807) is 6.07 Å². The maximum absolute atomic E-state index is 12.6. The van der Waals surface area contributed by atoms with Crippen molar-refractivity contribution in [1.82, 2.24) is 5.32 Å². The molecule has 0 saturated heterocycles. The third-order valence-electron chi connectivity index (χ3n) is 5.08. The largest absolute Gasteiger partial charge is 0.493 e. The summed E-state index contributed by atoms with van der Waals surface area (Å²) < 4.78 is 11.8. The van der Waals surface area contributed by atoms with Crippen LogP contribution in [0.2, 0.25) is 0 Å². The lowest BCUT2D eigenvalue weighted by Gasteiger charge is -2.16. The highest BCUT2D eigenvalue weighted by molar-refractivity contribution is 5.94. The van der Waals surface area contributed by atoms with Crippen LogP contribution < -0.4 is 14.8 Å². The number of rotatable bonds is 10. The minimum atomic E-state index is -0.0718. The predicted octanol–water partition coefficient (Wildman–Crippen LogP) is 6.25. The molecule has 0 aliphatic rings. The number of amides is 1. The number of carbonyl (C=O) groups excluding carboxylic acids is 1. The van der Waals surface area contributed by atoms with Gasteiger partial charge in [-0.05, 0) is 61.7 Å². The van der Waals surface area contributed by atoms with Crippen LogP contribution in [0.15, 0.2) is 72.8 Å². The van der Waals surface area contributed by atoms with E-state index in [1.165, 1.54) is 5.56 Å². The average molecular weight is 418 g/mol. The van der Waals surface area contributed by atoms with Gasteiger partial charge in [-0.15, -0.1) is 0 Å². The van der Waals surface area contributed by atoms with E-state index in [0.29, 0.717) is 18.8 Å². The fraction of sp³-hybridized carbons (Fsp3) is 0.296. The molecule has 1 amide bonds. The monoisotopic (exact) mass is 417 g/mol. The molecule has 0 saturated carbocycles. The van der Waals surface area contributed by atoms with Crippen LogP contribution in [-0.2, 0) is 6.61 Å². The van der Waals surface area contributed by atoms with Crippen LogP contribution in [0.3, 0.4) is 0 Å². The number of nitrogens with one attached hydrogen (secondary N) is 1. The maximum atomic E-state index is 12.6. The van der Waals surface area contributed by atoms with Crippen molar-refractivity contribution in [2.45, 2.75) is 46.3 Å². The molecule has 0 fully saturated rings. The summed E-state index contributed by atoms with van der Waals surface area (Å²) in [5, 5.41) is 3.05. The molecule has 0 bridgehead atoms. The summed E-state index contributed by atoms with van der Waals surface area (Å²) in [6, 6.07) is 23.9. The van der Waals surface area contributed by atoms with E-state index in [-0.39, 0.29) is 11.9 Å². The first-order valence-corrected chi connectivity index (χ1v) is 11.0. The molecule has 3 rings (SSSR count). The SMILES string of the molecule is CCC[C@@H](C)NC(=O)c1ccc(OCC)c(COc2ccc(-c3ccccc3)cc2)c1. The molecule has 4 nitrogen and oxygen atoms in total. The molecule has 31 heavy (non-hydrogen) atoms. The number of carbonyl (C=O) groups is 1. The zero-order chi connectivity index (χ0) is 22.1. The summed E-state index contributed by atoms with van der Waals surface area (Å²) in [4.78, 5) is 12.6. The lowest BCUT2D eigenvalue weighted by Crippen LogP contribution is -2.32. The second-order valence-electron chi connectivity index (χ2n) is 7.60. The first kappa shape index (κ1) is 22.4. The van der Waals surface area contributed by atoms with E-state index in [2.05, 4.69) is 24.4 Å². The summed E-state index contributed by atoms with van der Waals surface area (Å²) in [5.41, 5.74) is 3.78. The minimum absolute atomic E-state index is 0.0718. The first-order valence-electron chi connectivity index (χ1n) is 11.0. The van der Waals surface area contributed by atoms with Crippen LogP contribution in [-0.4, -0.2) is 18.6 Å². The van der Waals surface area contributed by atoms with Gasteiger partial charge in [-0.1, -0.05) is 55.8 Å². The molecule has 1 N–H and O–H groups in total. The van der Waals surface area contributed by atoms with Gasteiger partial charge in [-0.3, -0.25) is 4.79 Å². The Kier molecular flexibility index (Phi) is 8.11. The molecule has 0 aliphatic carbocycles. The van der Waals surface area contributed by atoms with Crippen LogP contribution in [0.4, 0.5) is 0 Å². The van der Waals surface area contributed by atoms with Gasteiger partial charge in [0.05, 0.1) is 6.61 Å². The molecule has 3 aromatic carbocycles. The van der Waals surface area contributed by atoms with Crippen molar-refractivity contribution in [3.63, 3.8) is 0 Å². The number of ether oxygens (including phenoxy) is 2. The first-order chi connectivity index (χ1) is 15.1. The van der Waals surface area contributed by atoms with E-state index in [4.69, 9.17) is 9.47 Å². The number of hydrogen-bond acceptors (Lipinski definition) is 3. The highest BCUT2D eigenvalue weighted by atomic mass is 16.5. The zero-order valence-corrected chi connectivity index (χ0v) is 18.6. The molecule has 0 radical (unpaired) electrons. The fourth-order valence-corrected chi connectivity index (χ4v) is 3.48. The Bertz CT molecular complexity index is 968. The predicted molar refractivity (Wildman–Crippen MR) is 126 cm³/mol. The van der Waals surface area contributed by atoms with E-state index >= 15 is 0 Å². The minimum Gasteiger partial charge on any atom is -0.493 e. The molecule has 0 aromatic heterocycles. The molecule has 3 aromatic rings. The topological polar surface area (TPSA) is 47.6 Å². The Balaban J connectivity index is 1.71. The third-order valence-corrected chi connectivity index (χ3v) is 5.08. The van der Waals surface area contributed by atoms with Crippen molar-refractivity contribution in [2.75, 3.05) is 6.61 Å². The number of hydrogen-bond donors (Lipinski definition) is 1. The van der Waals surface area contributed by atoms with E-state index in [1.807, 2.05) is 68.4 Å². The summed E-state index contributed by atoms with van der Waals surface area (Å²) >= 11 is 0. The van der Waals surface area contributed by atoms with Crippen LogP contribution in [0, 0.1) is 0 Å². The van der Waals surface area contributed by atoms with Crippen molar-refractivity contribution >= 4 is 5.91 Å². The van der Waals surface area contributed by atoms with Crippen LogP contribution in [0.5, 0.6) is 11.5 Å². The van der Waals surface area contributed by atoms with E-state index < -0.39 is 0 Å². The van der Waals surface area contributed by atoms with Crippen molar-refractivity contribution in [2.24, 2.45) is 0 Å². The lowest BCUT2D eigenvalue weighted by molar-refractivity contribution is 0.0938. The van der Waals surface area contributed by atoms with Gasteiger partial charge in [-0.2, -0.15) is 0 Å². The van der Waals surface area contributed by atoms with Crippen molar-refractivity contribution < 1.29 is 14.3 Å². The fourth-order valence-electron chi connectivity index (χ4n) is 3.48. The van der Waals surface area contributed by atoms with Gasteiger partial charge < -0.3 is 14.8 Å². The van der Waals surface area contributed by atoms with Crippen molar-refractivity contribution in [3.05, 3.63) is 83.9 Å². The van der Waals surface area contributed by atoms with Gasteiger partial charge in [0.15, 0.2) is 0 Å². The Morgan fingerprint density at radius 2 is 1.61 bits per heavy atom. The molecule has 0 spiro atoms. The van der Waals surface area contributed by atoms with E-state index in [0.717, 1.165) is 35.5 Å². The Labute approximate surface area is 185 Å². The van der Waals surface area contributed by atoms with Gasteiger partial charge in [-0.25, -0.2) is 0 Å². The third kappa shape index (κ3) is 6.35. The Hall–Kier alpha value is -3.27. The summed E-state index contributed by atoms with van der Waals surface area (Å²) in [5.74, 6) is 1.44. The smallest absolute Gasteiger partial charge is 0.251 e. The quantitative estimate of drug-likeness (QED) is 0.424. The van der Waals surface area contributed by atoms with Gasteiger partial charge >= 0.3 is 0 Å². The summed E-state index contributed by atoms with van der Waals surface area (Å²) in [6.45, 7) is 6.96. The molecule has 1 atom stereocenters. The molecule has 0 heterocycles. The second kappa shape index (κ2) is 11.2. The van der Waals surface area contributed by atoms with Crippen molar-refractivity contribution in [1.29, 1.82) is 0 Å². The van der Waals surface area contributed by atoms with E-state index in [9.17, 15) is 4.79 Å². The normalized spacial score (nSPS) is 11.6. The Morgan fingerprint density at radius 1 is 0.903 bits per heavy atom. The zero-order valence-electron chi connectivity index (χ0n) is 18.6. The Morgan fingerprint density at radius 3 is 2.29 bits per heavy atom. The van der Waals surface area contributed by atoms with Crippen LogP contribution >= 0.6 is 0 Å². The number of benzene rings is 3. The maximum Gasteiger partial charge on any atom is 0.251 e. The van der Waals surface area contributed by atoms with Crippen LogP contribution in [0.1, 0.15) is 49.5 Å². The standard InChI is InChI=1S/C27H31NO3/c1-4-9-20(3)28-27(29)23-14-17-26(30-5-2)24(18-23)19-31-25-15-12-22(13-16-25)21-10-7-6-8-11-21/h6-8,10-18,20H,4-5,9,19H2,1-3H3,(H,28,29)/t20-/m1/s1. The highest BCUT2D eigenvalue weighted by Crippen LogP contribution is 2.25.